The lowest BCUT2D eigenvalue weighted by molar-refractivity contribution is 0.585. The van der Waals surface area contributed by atoms with Gasteiger partial charge < -0.3 is 20.9 Å². The van der Waals surface area contributed by atoms with E-state index in [4.69, 9.17) is 5.73 Å². The summed E-state index contributed by atoms with van der Waals surface area (Å²) in [5.41, 5.74) is 8.18. The fourth-order valence-electron chi connectivity index (χ4n) is 3.97. The first-order valence-electron chi connectivity index (χ1n) is 11.4. The molecule has 35 heavy (non-hydrogen) atoms. The van der Waals surface area contributed by atoms with Crippen molar-refractivity contribution in [2.45, 2.75) is 12.5 Å². The zero-order valence-corrected chi connectivity index (χ0v) is 19.3. The van der Waals surface area contributed by atoms with Crippen molar-refractivity contribution in [3.63, 3.8) is 0 Å². The van der Waals surface area contributed by atoms with Crippen molar-refractivity contribution in [2.24, 2.45) is 5.73 Å². The van der Waals surface area contributed by atoms with Gasteiger partial charge in [-0.1, -0.05) is 30.3 Å². The van der Waals surface area contributed by atoms with E-state index in [-0.39, 0.29) is 5.82 Å². The molecular weight excluding hydrogens is 445 g/mol. The van der Waals surface area contributed by atoms with Crippen molar-refractivity contribution in [1.82, 2.24) is 24.9 Å². The smallest absolute Gasteiger partial charge is 0.231 e. The number of nitrogens with one attached hydrogen (secondary N) is 1. The number of halogens is 1. The number of aromatic nitrogens is 5. The summed E-state index contributed by atoms with van der Waals surface area (Å²) in [7, 11) is 0. The standard InChI is InChI=1S/C25H26FN9/c1-25(27,18-7-9-20(26)10-8-18)19-15-28-23(29-16-19)34-11-13-35(14-12-34)24-31-17-30-22(33-24)32-21-5-3-2-4-6-21/h2-10,15-17H,11-14,27H2,1H3,(H,30,31,32,33)/t25-/m0/s1. The maximum absolute atomic E-state index is 13.3. The van der Waals surface area contributed by atoms with Gasteiger partial charge in [0.1, 0.15) is 12.1 Å². The van der Waals surface area contributed by atoms with Crippen molar-refractivity contribution in [1.29, 1.82) is 0 Å². The summed E-state index contributed by atoms with van der Waals surface area (Å²) in [6.07, 6.45) is 5.00. The molecule has 2 aromatic carbocycles. The maximum Gasteiger partial charge on any atom is 0.231 e. The van der Waals surface area contributed by atoms with Crippen LogP contribution in [-0.4, -0.2) is 51.1 Å². The number of para-hydroxylation sites is 1. The number of piperazine rings is 1. The van der Waals surface area contributed by atoms with Crippen LogP contribution in [0.2, 0.25) is 0 Å². The Kier molecular flexibility index (Phi) is 6.19. The molecule has 1 aliphatic heterocycles. The van der Waals surface area contributed by atoms with E-state index in [9.17, 15) is 4.39 Å². The lowest BCUT2D eigenvalue weighted by Gasteiger charge is -2.35. The molecule has 10 heteroatoms. The topological polar surface area (TPSA) is 109 Å². The number of anilines is 4. The van der Waals surface area contributed by atoms with Gasteiger partial charge in [-0.15, -0.1) is 0 Å². The number of hydrogen-bond donors (Lipinski definition) is 2. The van der Waals surface area contributed by atoms with Crippen LogP contribution >= 0.6 is 0 Å². The molecule has 0 aliphatic carbocycles. The summed E-state index contributed by atoms with van der Waals surface area (Å²) in [6, 6.07) is 16.0. The van der Waals surface area contributed by atoms with Crippen molar-refractivity contribution < 1.29 is 4.39 Å². The summed E-state index contributed by atoms with van der Waals surface area (Å²) in [5.74, 6) is 1.49. The number of rotatable bonds is 6. The summed E-state index contributed by atoms with van der Waals surface area (Å²) in [6.45, 7) is 4.77. The van der Waals surface area contributed by atoms with E-state index in [0.717, 1.165) is 43.0 Å². The number of hydrogen-bond acceptors (Lipinski definition) is 9. The van der Waals surface area contributed by atoms with Crippen molar-refractivity contribution in [3.8, 4) is 0 Å². The lowest BCUT2D eigenvalue weighted by Crippen LogP contribution is -2.47. The molecule has 0 radical (unpaired) electrons. The highest BCUT2D eigenvalue weighted by Gasteiger charge is 2.26. The van der Waals surface area contributed by atoms with Gasteiger partial charge in [-0.2, -0.15) is 4.98 Å². The summed E-state index contributed by atoms with van der Waals surface area (Å²) < 4.78 is 13.3. The van der Waals surface area contributed by atoms with E-state index in [2.05, 4.69) is 40.0 Å². The highest BCUT2D eigenvalue weighted by molar-refractivity contribution is 5.53. The molecule has 1 aliphatic rings. The van der Waals surface area contributed by atoms with Gasteiger partial charge in [-0.05, 0) is 36.8 Å². The molecule has 0 bridgehead atoms. The van der Waals surface area contributed by atoms with Crippen LogP contribution in [-0.2, 0) is 5.54 Å². The van der Waals surface area contributed by atoms with Crippen LogP contribution in [0.15, 0.2) is 73.3 Å². The van der Waals surface area contributed by atoms with E-state index in [1.807, 2.05) is 37.3 Å². The molecule has 1 fully saturated rings. The Balaban J connectivity index is 1.22. The quantitative estimate of drug-likeness (QED) is 0.438. The van der Waals surface area contributed by atoms with Crippen LogP contribution in [0.5, 0.6) is 0 Å². The Morgan fingerprint density at radius 1 is 0.800 bits per heavy atom. The third-order valence-electron chi connectivity index (χ3n) is 6.12. The molecule has 5 rings (SSSR count). The molecule has 4 aromatic rings. The summed E-state index contributed by atoms with van der Waals surface area (Å²) in [5, 5.41) is 3.20. The minimum atomic E-state index is -0.824. The minimum absolute atomic E-state index is 0.295. The van der Waals surface area contributed by atoms with E-state index < -0.39 is 5.54 Å². The second-order valence-electron chi connectivity index (χ2n) is 8.56. The van der Waals surface area contributed by atoms with Crippen molar-refractivity contribution in [2.75, 3.05) is 41.3 Å². The Bertz CT molecular complexity index is 1260. The highest BCUT2D eigenvalue weighted by Crippen LogP contribution is 2.26. The zero-order valence-electron chi connectivity index (χ0n) is 19.3. The van der Waals surface area contributed by atoms with Gasteiger partial charge in [0.05, 0.1) is 5.54 Å². The molecule has 2 aromatic heterocycles. The molecule has 0 spiro atoms. The molecule has 1 atom stereocenters. The lowest BCUT2D eigenvalue weighted by atomic mass is 9.87. The molecule has 178 valence electrons. The van der Waals surface area contributed by atoms with Crippen LogP contribution in [0.25, 0.3) is 0 Å². The third-order valence-corrected chi connectivity index (χ3v) is 6.12. The first kappa shape index (κ1) is 22.6. The Labute approximate surface area is 202 Å². The fraction of sp³-hybridized carbons (Fsp3) is 0.240. The largest absolute Gasteiger partial charge is 0.337 e. The summed E-state index contributed by atoms with van der Waals surface area (Å²) >= 11 is 0. The minimum Gasteiger partial charge on any atom is -0.337 e. The Morgan fingerprint density at radius 3 is 2.09 bits per heavy atom. The Hall–Kier alpha value is -4.18. The number of nitrogens with two attached hydrogens (primary N) is 1. The third kappa shape index (κ3) is 5.02. The van der Waals surface area contributed by atoms with Gasteiger partial charge in [0, 0.05) is 49.8 Å². The van der Waals surface area contributed by atoms with Crippen LogP contribution in [0.3, 0.4) is 0 Å². The molecule has 0 saturated carbocycles. The van der Waals surface area contributed by atoms with Gasteiger partial charge >= 0.3 is 0 Å². The molecule has 1 saturated heterocycles. The molecular formula is C25H26FN9. The first-order chi connectivity index (χ1) is 17.0. The van der Waals surface area contributed by atoms with Gasteiger partial charge in [0.15, 0.2) is 0 Å². The van der Waals surface area contributed by atoms with E-state index in [0.29, 0.717) is 17.8 Å². The molecule has 0 unspecified atom stereocenters. The van der Waals surface area contributed by atoms with Crippen LogP contribution in [0.4, 0.5) is 27.9 Å². The molecule has 9 nitrogen and oxygen atoms in total. The van der Waals surface area contributed by atoms with Crippen LogP contribution in [0, 0.1) is 5.82 Å². The molecule has 0 amide bonds. The Morgan fingerprint density at radius 2 is 1.43 bits per heavy atom. The number of nitrogens with zero attached hydrogens (tertiary/aromatic N) is 7. The van der Waals surface area contributed by atoms with E-state index in [1.54, 1.807) is 24.5 Å². The van der Waals surface area contributed by atoms with Crippen molar-refractivity contribution >= 4 is 23.5 Å². The van der Waals surface area contributed by atoms with Crippen LogP contribution in [0.1, 0.15) is 18.1 Å². The van der Waals surface area contributed by atoms with E-state index in [1.165, 1.54) is 18.5 Å². The average molecular weight is 472 g/mol. The normalized spacial score (nSPS) is 15.5. The number of benzene rings is 2. The SMILES string of the molecule is C[C@](N)(c1ccc(F)cc1)c1cnc(N2CCN(c3ncnc(Nc4ccccc4)n3)CC2)nc1. The van der Waals surface area contributed by atoms with Crippen molar-refractivity contribution in [3.05, 3.63) is 90.3 Å². The predicted molar refractivity (Wildman–Crippen MR) is 133 cm³/mol. The van der Waals surface area contributed by atoms with Gasteiger partial charge in [-0.3, -0.25) is 0 Å². The predicted octanol–water partition coefficient (Wildman–Crippen LogP) is 3.09. The van der Waals surface area contributed by atoms with Gasteiger partial charge in [0.25, 0.3) is 0 Å². The maximum atomic E-state index is 13.3. The summed E-state index contributed by atoms with van der Waals surface area (Å²) in [4.78, 5) is 26.5. The van der Waals surface area contributed by atoms with Gasteiger partial charge in [0.2, 0.25) is 17.8 Å². The monoisotopic (exact) mass is 471 g/mol. The first-order valence-corrected chi connectivity index (χ1v) is 11.4. The second-order valence-corrected chi connectivity index (χ2v) is 8.56. The second kappa shape index (κ2) is 9.59. The zero-order chi connectivity index (χ0) is 24.3. The molecule has 3 heterocycles. The average Bonchev–Trinajstić information content (AvgIpc) is 2.90. The molecule has 3 N–H and O–H groups in total. The highest BCUT2D eigenvalue weighted by atomic mass is 19.1. The van der Waals surface area contributed by atoms with Crippen LogP contribution < -0.4 is 20.9 Å². The van der Waals surface area contributed by atoms with E-state index >= 15 is 0 Å². The van der Waals surface area contributed by atoms with Gasteiger partial charge in [-0.25, -0.2) is 24.3 Å². The fourth-order valence-corrected chi connectivity index (χ4v) is 3.97.